The highest BCUT2D eigenvalue weighted by molar-refractivity contribution is 5.43. The van der Waals surface area contributed by atoms with Crippen LogP contribution in [0.5, 0.6) is 0 Å². The molecule has 0 amide bonds. The Morgan fingerprint density at radius 2 is 2.00 bits per heavy atom. The Morgan fingerprint density at radius 3 is 2.62 bits per heavy atom. The van der Waals surface area contributed by atoms with Gasteiger partial charge in [0.2, 0.25) is 0 Å². The lowest BCUT2D eigenvalue weighted by Crippen LogP contribution is -2.36. The molecule has 21 heavy (non-hydrogen) atoms. The van der Waals surface area contributed by atoms with E-state index in [1.807, 2.05) is 0 Å². The van der Waals surface area contributed by atoms with Crippen LogP contribution in [-0.2, 0) is 6.54 Å². The predicted molar refractivity (Wildman–Crippen MR) is 83.8 cm³/mol. The molecule has 2 aliphatic rings. The molecule has 0 spiro atoms. The van der Waals surface area contributed by atoms with Crippen LogP contribution in [-0.4, -0.2) is 24.1 Å². The third kappa shape index (κ3) is 3.54. The summed E-state index contributed by atoms with van der Waals surface area (Å²) in [7, 11) is 0. The molecule has 0 bridgehead atoms. The molecule has 1 saturated carbocycles. The van der Waals surface area contributed by atoms with E-state index in [2.05, 4.69) is 29.0 Å². The molecule has 0 atom stereocenters. The van der Waals surface area contributed by atoms with E-state index >= 15 is 0 Å². The van der Waals surface area contributed by atoms with Gasteiger partial charge in [-0.25, -0.2) is 9.37 Å². The first kappa shape index (κ1) is 14.8. The minimum absolute atomic E-state index is 0.131. The zero-order valence-electron chi connectivity index (χ0n) is 13.1. The lowest BCUT2D eigenvalue weighted by molar-refractivity contribution is 0.309. The van der Waals surface area contributed by atoms with Gasteiger partial charge in [-0.1, -0.05) is 13.8 Å². The summed E-state index contributed by atoms with van der Waals surface area (Å²) in [5, 5.41) is 3.38. The highest BCUT2D eigenvalue weighted by Gasteiger charge is 2.25. The second-order valence-corrected chi connectivity index (χ2v) is 6.83. The number of nitrogens with one attached hydrogen (secondary N) is 1. The molecular weight excluding hydrogens is 265 g/mol. The van der Waals surface area contributed by atoms with Crippen LogP contribution in [0.15, 0.2) is 12.3 Å². The van der Waals surface area contributed by atoms with Crippen LogP contribution in [0.2, 0.25) is 0 Å². The Labute approximate surface area is 126 Å². The number of anilines is 1. The molecule has 3 nitrogen and oxygen atoms in total. The fourth-order valence-corrected chi connectivity index (χ4v) is 3.15. The minimum Gasteiger partial charge on any atom is -0.354 e. The number of rotatable bonds is 5. The van der Waals surface area contributed by atoms with Crippen molar-refractivity contribution in [1.82, 2.24) is 10.3 Å². The van der Waals surface area contributed by atoms with E-state index in [1.54, 1.807) is 12.3 Å². The van der Waals surface area contributed by atoms with E-state index in [0.717, 1.165) is 43.3 Å². The Balaban J connectivity index is 1.66. The van der Waals surface area contributed by atoms with Crippen LogP contribution in [0.25, 0.3) is 0 Å². The lowest BCUT2D eigenvalue weighted by Gasteiger charge is -2.34. The van der Waals surface area contributed by atoms with Gasteiger partial charge in [-0.05, 0) is 43.6 Å². The second-order valence-electron chi connectivity index (χ2n) is 6.83. The zero-order chi connectivity index (χ0) is 14.8. The Bertz CT molecular complexity index is 477. The predicted octanol–water partition coefficient (Wildman–Crippen LogP) is 3.35. The van der Waals surface area contributed by atoms with E-state index in [9.17, 15) is 4.39 Å². The van der Waals surface area contributed by atoms with Crippen LogP contribution in [0.4, 0.5) is 10.2 Å². The van der Waals surface area contributed by atoms with Crippen molar-refractivity contribution in [2.24, 2.45) is 11.8 Å². The van der Waals surface area contributed by atoms with Crippen LogP contribution in [0.1, 0.15) is 45.1 Å². The summed E-state index contributed by atoms with van der Waals surface area (Å²) in [5.41, 5.74) is 0.748. The number of hydrogen-bond acceptors (Lipinski definition) is 3. The maximum Gasteiger partial charge on any atom is 0.170 e. The summed E-state index contributed by atoms with van der Waals surface area (Å²) >= 11 is 0. The molecule has 1 saturated heterocycles. The number of pyridine rings is 1. The fraction of sp³-hybridized carbons (Fsp3) is 0.706. The maximum absolute atomic E-state index is 14.6. The lowest BCUT2D eigenvalue weighted by atomic mass is 9.87. The van der Waals surface area contributed by atoms with Crippen molar-refractivity contribution in [2.75, 3.05) is 18.0 Å². The minimum atomic E-state index is -0.131. The summed E-state index contributed by atoms with van der Waals surface area (Å²) in [6, 6.07) is 2.40. The van der Waals surface area contributed by atoms with Crippen molar-refractivity contribution in [3.8, 4) is 0 Å². The highest BCUT2D eigenvalue weighted by atomic mass is 19.1. The van der Waals surface area contributed by atoms with Crippen molar-refractivity contribution in [3.63, 3.8) is 0 Å². The molecule has 1 N–H and O–H groups in total. The number of hydrogen-bond donors (Lipinski definition) is 1. The first-order valence-electron chi connectivity index (χ1n) is 8.27. The van der Waals surface area contributed by atoms with Crippen molar-refractivity contribution in [1.29, 1.82) is 0 Å². The average Bonchev–Trinajstić information content (AvgIpc) is 3.30. The molecule has 0 radical (unpaired) electrons. The molecule has 3 rings (SSSR count). The van der Waals surface area contributed by atoms with Crippen molar-refractivity contribution in [2.45, 2.75) is 52.1 Å². The molecular formula is C17H26FN3. The third-order valence-electron chi connectivity index (χ3n) is 4.89. The summed E-state index contributed by atoms with van der Waals surface area (Å²) in [5.74, 6) is 1.91. The van der Waals surface area contributed by atoms with E-state index in [-0.39, 0.29) is 5.82 Å². The average molecular weight is 291 g/mol. The number of piperidine rings is 1. The molecule has 4 heteroatoms. The standard InChI is InChI=1S/C17H26FN3/c1-12(2)13-6-9-21(10-7-13)17-16(18)14(5-8-19-17)11-20-15-3-4-15/h5,8,12-13,15,20H,3-4,6-7,9-11H2,1-2H3. The normalized spacial score (nSPS) is 20.3. The molecule has 1 aromatic heterocycles. The Morgan fingerprint density at radius 1 is 1.29 bits per heavy atom. The Kier molecular flexibility index (Phi) is 4.43. The molecule has 116 valence electrons. The first-order valence-corrected chi connectivity index (χ1v) is 8.27. The van der Waals surface area contributed by atoms with E-state index < -0.39 is 0 Å². The summed E-state index contributed by atoms with van der Waals surface area (Å²) < 4.78 is 14.6. The molecule has 2 heterocycles. The van der Waals surface area contributed by atoms with Gasteiger partial charge >= 0.3 is 0 Å². The second kappa shape index (κ2) is 6.30. The molecule has 0 unspecified atom stereocenters. The van der Waals surface area contributed by atoms with Gasteiger partial charge in [0.05, 0.1) is 0 Å². The number of aromatic nitrogens is 1. The van der Waals surface area contributed by atoms with E-state index in [1.165, 1.54) is 12.8 Å². The third-order valence-corrected chi connectivity index (χ3v) is 4.89. The van der Waals surface area contributed by atoms with Gasteiger partial charge in [0.25, 0.3) is 0 Å². The van der Waals surface area contributed by atoms with Gasteiger partial charge in [0.1, 0.15) is 0 Å². The molecule has 1 aromatic rings. The van der Waals surface area contributed by atoms with Crippen LogP contribution < -0.4 is 10.2 Å². The highest BCUT2D eigenvalue weighted by Crippen LogP contribution is 2.29. The molecule has 1 aliphatic carbocycles. The molecule has 0 aromatic carbocycles. The van der Waals surface area contributed by atoms with E-state index in [0.29, 0.717) is 18.4 Å². The smallest absolute Gasteiger partial charge is 0.170 e. The zero-order valence-corrected chi connectivity index (χ0v) is 13.1. The van der Waals surface area contributed by atoms with Crippen LogP contribution in [0, 0.1) is 17.7 Å². The van der Waals surface area contributed by atoms with Crippen molar-refractivity contribution in [3.05, 3.63) is 23.6 Å². The fourth-order valence-electron chi connectivity index (χ4n) is 3.15. The van der Waals surface area contributed by atoms with Gasteiger partial charge in [0.15, 0.2) is 11.6 Å². The SMILES string of the molecule is CC(C)C1CCN(c2nccc(CNC3CC3)c2F)CC1. The first-order chi connectivity index (χ1) is 10.1. The quantitative estimate of drug-likeness (QED) is 0.902. The van der Waals surface area contributed by atoms with Crippen LogP contribution in [0.3, 0.4) is 0 Å². The number of nitrogens with zero attached hydrogens (tertiary/aromatic N) is 2. The van der Waals surface area contributed by atoms with E-state index in [4.69, 9.17) is 0 Å². The largest absolute Gasteiger partial charge is 0.354 e. The van der Waals surface area contributed by atoms with Crippen LogP contribution >= 0.6 is 0 Å². The summed E-state index contributed by atoms with van der Waals surface area (Å²) in [6.07, 6.45) is 6.48. The maximum atomic E-state index is 14.6. The van der Waals surface area contributed by atoms with Crippen molar-refractivity contribution < 1.29 is 4.39 Å². The number of halogens is 1. The summed E-state index contributed by atoms with van der Waals surface area (Å²) in [6.45, 7) is 7.03. The topological polar surface area (TPSA) is 28.2 Å². The summed E-state index contributed by atoms with van der Waals surface area (Å²) in [4.78, 5) is 6.42. The molecule has 1 aliphatic heterocycles. The van der Waals surface area contributed by atoms with Gasteiger partial charge in [0, 0.05) is 37.4 Å². The van der Waals surface area contributed by atoms with Gasteiger partial charge in [-0.3, -0.25) is 0 Å². The van der Waals surface area contributed by atoms with Crippen molar-refractivity contribution >= 4 is 5.82 Å². The van der Waals surface area contributed by atoms with Gasteiger partial charge < -0.3 is 10.2 Å². The van der Waals surface area contributed by atoms with Gasteiger partial charge in [-0.2, -0.15) is 0 Å². The monoisotopic (exact) mass is 291 g/mol. The van der Waals surface area contributed by atoms with Gasteiger partial charge in [-0.15, -0.1) is 0 Å². The molecule has 2 fully saturated rings. The Hall–Kier alpha value is -1.16.